The molecule has 8 nitrogen and oxygen atoms in total. The van der Waals surface area contributed by atoms with E-state index in [1.54, 1.807) is 34.3 Å². The average molecular weight is 509 g/mol. The standard InChI is InChI=1S/C25H22F2N6O2S/c26-19-3-2-17(12-20(19)27)33-15-29-21-11-16(1-4-22(21)33)24(34)32-13-18(14-32)30-6-8-31(9-7-30)25(35)23-28-5-10-36-23/h1-5,10-12,15,18H,6-9,13-14H2. The smallest absolute Gasteiger partial charge is 0.282 e. The van der Waals surface area contributed by atoms with Gasteiger partial charge in [-0.25, -0.2) is 18.7 Å². The molecule has 11 heteroatoms. The summed E-state index contributed by atoms with van der Waals surface area (Å²) in [6.07, 6.45) is 3.17. The van der Waals surface area contributed by atoms with Gasteiger partial charge in [-0.2, -0.15) is 0 Å². The van der Waals surface area contributed by atoms with Gasteiger partial charge in [-0.15, -0.1) is 11.3 Å². The molecule has 0 N–H and O–H groups in total. The molecule has 0 atom stereocenters. The van der Waals surface area contributed by atoms with Gasteiger partial charge in [0.1, 0.15) is 6.33 Å². The first kappa shape index (κ1) is 22.7. The number of amides is 2. The number of imidazole rings is 1. The van der Waals surface area contributed by atoms with E-state index in [4.69, 9.17) is 0 Å². The van der Waals surface area contributed by atoms with Gasteiger partial charge in [0.2, 0.25) is 0 Å². The lowest BCUT2D eigenvalue weighted by atomic mass is 10.0. The second-order valence-corrected chi connectivity index (χ2v) is 9.84. The predicted octanol–water partition coefficient (Wildman–Crippen LogP) is 3.04. The molecule has 2 saturated heterocycles. The summed E-state index contributed by atoms with van der Waals surface area (Å²) in [7, 11) is 0. The minimum atomic E-state index is -0.930. The summed E-state index contributed by atoms with van der Waals surface area (Å²) < 4.78 is 28.6. The number of hydrogen-bond donors (Lipinski definition) is 0. The van der Waals surface area contributed by atoms with Crippen LogP contribution in [0.3, 0.4) is 0 Å². The van der Waals surface area contributed by atoms with E-state index in [2.05, 4.69) is 14.9 Å². The number of piperazine rings is 1. The molecule has 36 heavy (non-hydrogen) atoms. The summed E-state index contributed by atoms with van der Waals surface area (Å²) in [5.41, 5.74) is 2.29. The largest absolute Gasteiger partial charge is 0.335 e. The SMILES string of the molecule is O=C(c1ccc2c(c1)ncn2-c1ccc(F)c(F)c1)N1CC(N2CCN(C(=O)c3nccs3)CC2)C1. The van der Waals surface area contributed by atoms with E-state index in [1.807, 2.05) is 9.80 Å². The first-order chi connectivity index (χ1) is 17.5. The van der Waals surface area contributed by atoms with Gasteiger partial charge in [0.15, 0.2) is 16.6 Å². The number of halogens is 2. The Labute approximate surface area is 209 Å². The fraction of sp³-hybridized carbons (Fsp3) is 0.280. The van der Waals surface area contributed by atoms with Crippen LogP contribution in [0.4, 0.5) is 8.78 Å². The van der Waals surface area contributed by atoms with Gasteiger partial charge in [-0.1, -0.05) is 0 Å². The third-order valence-corrected chi connectivity index (χ3v) is 7.62. The minimum absolute atomic E-state index is 0.0162. The highest BCUT2D eigenvalue weighted by atomic mass is 32.1. The topological polar surface area (TPSA) is 74.6 Å². The molecule has 4 aromatic rings. The Morgan fingerprint density at radius 3 is 2.42 bits per heavy atom. The molecule has 2 aliphatic heterocycles. The van der Waals surface area contributed by atoms with Crippen LogP contribution in [0.5, 0.6) is 0 Å². The summed E-state index contributed by atoms with van der Waals surface area (Å²) in [5.74, 6) is -1.92. The molecule has 0 unspecified atom stereocenters. The molecule has 184 valence electrons. The molecule has 4 heterocycles. The quantitative estimate of drug-likeness (QED) is 0.424. The highest BCUT2D eigenvalue weighted by Gasteiger charge is 2.37. The monoisotopic (exact) mass is 508 g/mol. The lowest BCUT2D eigenvalue weighted by Gasteiger charge is -2.48. The highest BCUT2D eigenvalue weighted by Crippen LogP contribution is 2.24. The van der Waals surface area contributed by atoms with E-state index in [0.29, 0.717) is 53.5 Å². The maximum absolute atomic E-state index is 13.7. The van der Waals surface area contributed by atoms with Gasteiger partial charge in [0.05, 0.1) is 16.7 Å². The second-order valence-electron chi connectivity index (χ2n) is 8.95. The van der Waals surface area contributed by atoms with Crippen molar-refractivity contribution in [3.8, 4) is 5.69 Å². The van der Waals surface area contributed by atoms with Crippen LogP contribution in [0.25, 0.3) is 16.7 Å². The Morgan fingerprint density at radius 2 is 1.69 bits per heavy atom. The van der Waals surface area contributed by atoms with Gasteiger partial charge >= 0.3 is 0 Å². The molecule has 6 rings (SSSR count). The molecule has 2 aromatic heterocycles. The molecular weight excluding hydrogens is 486 g/mol. The molecule has 2 amide bonds. The number of fused-ring (bicyclic) bond motifs is 1. The molecule has 0 saturated carbocycles. The number of rotatable bonds is 4. The Balaban J connectivity index is 1.07. The van der Waals surface area contributed by atoms with Crippen molar-refractivity contribution in [3.05, 3.63) is 76.5 Å². The van der Waals surface area contributed by atoms with Gasteiger partial charge in [0.25, 0.3) is 11.8 Å². The predicted molar refractivity (Wildman–Crippen MR) is 130 cm³/mol. The first-order valence-corrected chi connectivity index (χ1v) is 12.5. The van der Waals surface area contributed by atoms with Crippen LogP contribution in [0.1, 0.15) is 20.2 Å². The van der Waals surface area contributed by atoms with Crippen LogP contribution in [0, 0.1) is 11.6 Å². The van der Waals surface area contributed by atoms with E-state index in [9.17, 15) is 18.4 Å². The normalized spacial score (nSPS) is 16.9. The fourth-order valence-electron chi connectivity index (χ4n) is 4.78. The third-order valence-electron chi connectivity index (χ3n) is 6.86. The molecule has 0 spiro atoms. The number of nitrogens with zero attached hydrogens (tertiary/aromatic N) is 6. The zero-order valence-electron chi connectivity index (χ0n) is 19.2. The van der Waals surface area contributed by atoms with Crippen molar-refractivity contribution in [2.24, 2.45) is 0 Å². The van der Waals surface area contributed by atoms with E-state index in [0.717, 1.165) is 25.2 Å². The minimum Gasteiger partial charge on any atom is -0.335 e. The Bertz CT molecular complexity index is 1440. The number of carbonyl (C=O) groups is 2. The molecule has 0 bridgehead atoms. The summed E-state index contributed by atoms with van der Waals surface area (Å²) >= 11 is 1.36. The lowest BCUT2D eigenvalue weighted by molar-refractivity contribution is 0.00854. The fourth-order valence-corrected chi connectivity index (χ4v) is 5.38. The van der Waals surface area contributed by atoms with Gasteiger partial charge in [-0.3, -0.25) is 19.1 Å². The second kappa shape index (κ2) is 9.07. The van der Waals surface area contributed by atoms with E-state index in [-0.39, 0.29) is 17.9 Å². The molecule has 0 aliphatic carbocycles. The number of carbonyl (C=O) groups excluding carboxylic acids is 2. The van der Waals surface area contributed by atoms with E-state index in [1.165, 1.54) is 23.7 Å². The maximum Gasteiger partial charge on any atom is 0.282 e. The molecule has 2 aromatic carbocycles. The molecule has 0 radical (unpaired) electrons. The molecule has 2 fully saturated rings. The van der Waals surface area contributed by atoms with Crippen molar-refractivity contribution < 1.29 is 18.4 Å². The van der Waals surface area contributed by atoms with Gasteiger partial charge in [-0.05, 0) is 30.3 Å². The number of aromatic nitrogens is 3. The van der Waals surface area contributed by atoms with Crippen LogP contribution < -0.4 is 0 Å². The number of benzene rings is 2. The van der Waals surface area contributed by atoms with Crippen LogP contribution in [0.2, 0.25) is 0 Å². The summed E-state index contributed by atoms with van der Waals surface area (Å²) in [6, 6.07) is 9.18. The van der Waals surface area contributed by atoms with Crippen LogP contribution >= 0.6 is 11.3 Å². The number of thiazole rings is 1. The van der Waals surface area contributed by atoms with Crippen molar-refractivity contribution in [3.63, 3.8) is 0 Å². The molecular formula is C25H22F2N6O2S. The van der Waals surface area contributed by atoms with Crippen molar-refractivity contribution in [1.29, 1.82) is 0 Å². The van der Waals surface area contributed by atoms with Gasteiger partial charge in [0, 0.05) is 68.5 Å². The highest BCUT2D eigenvalue weighted by molar-refractivity contribution is 7.11. The third kappa shape index (κ3) is 4.03. The van der Waals surface area contributed by atoms with Crippen molar-refractivity contribution in [2.75, 3.05) is 39.3 Å². The number of hydrogen-bond acceptors (Lipinski definition) is 6. The zero-order chi connectivity index (χ0) is 24.8. The Kier molecular flexibility index (Phi) is 5.73. The number of likely N-dealkylation sites (tertiary alicyclic amines) is 1. The zero-order valence-corrected chi connectivity index (χ0v) is 20.0. The van der Waals surface area contributed by atoms with Crippen LogP contribution in [0.15, 0.2) is 54.3 Å². The van der Waals surface area contributed by atoms with Crippen LogP contribution in [-0.2, 0) is 0 Å². The summed E-state index contributed by atoms with van der Waals surface area (Å²) in [6.45, 7) is 4.13. The van der Waals surface area contributed by atoms with Crippen molar-refractivity contribution in [1.82, 2.24) is 29.2 Å². The van der Waals surface area contributed by atoms with Crippen molar-refractivity contribution in [2.45, 2.75) is 6.04 Å². The molecule has 2 aliphatic rings. The Hall–Kier alpha value is -3.70. The summed E-state index contributed by atoms with van der Waals surface area (Å²) in [4.78, 5) is 40.0. The maximum atomic E-state index is 13.7. The summed E-state index contributed by atoms with van der Waals surface area (Å²) in [5, 5.41) is 2.33. The van der Waals surface area contributed by atoms with E-state index >= 15 is 0 Å². The van der Waals surface area contributed by atoms with Gasteiger partial charge < -0.3 is 9.80 Å². The van der Waals surface area contributed by atoms with Crippen LogP contribution in [-0.4, -0.2) is 86.4 Å². The lowest BCUT2D eigenvalue weighted by Crippen LogP contribution is -2.64. The average Bonchev–Trinajstić information content (AvgIpc) is 3.55. The van der Waals surface area contributed by atoms with E-state index < -0.39 is 11.6 Å². The Morgan fingerprint density at radius 1 is 0.889 bits per heavy atom. The van der Waals surface area contributed by atoms with Crippen molar-refractivity contribution >= 4 is 34.2 Å². The first-order valence-electron chi connectivity index (χ1n) is 11.6.